The Bertz CT molecular complexity index is 857. The number of H-pyrrole nitrogens is 1. The van der Waals surface area contributed by atoms with E-state index in [-0.39, 0.29) is 11.9 Å². The van der Waals surface area contributed by atoms with E-state index in [0.717, 1.165) is 11.3 Å². The summed E-state index contributed by atoms with van der Waals surface area (Å²) >= 11 is 0. The van der Waals surface area contributed by atoms with Gasteiger partial charge in [-0.1, -0.05) is 18.2 Å². The molecule has 0 amide bonds. The smallest absolute Gasteiger partial charge is 0.233 e. The Morgan fingerprint density at radius 1 is 1.16 bits per heavy atom. The maximum Gasteiger partial charge on any atom is 0.233 e. The van der Waals surface area contributed by atoms with E-state index in [1.54, 1.807) is 12.1 Å². The van der Waals surface area contributed by atoms with E-state index in [4.69, 9.17) is 0 Å². The summed E-state index contributed by atoms with van der Waals surface area (Å²) in [6, 6.07) is 8.06. The Balaban J connectivity index is 1.69. The molecule has 1 atom stereocenters. The first-order valence-electron chi connectivity index (χ1n) is 7.80. The molecule has 0 aliphatic rings. The van der Waals surface area contributed by atoms with Gasteiger partial charge in [0.15, 0.2) is 5.82 Å². The normalized spacial score (nSPS) is 12.3. The van der Waals surface area contributed by atoms with Crippen molar-refractivity contribution in [3.8, 4) is 0 Å². The van der Waals surface area contributed by atoms with E-state index < -0.39 is 0 Å². The summed E-state index contributed by atoms with van der Waals surface area (Å²) in [7, 11) is 0. The van der Waals surface area contributed by atoms with Crippen LogP contribution in [0.15, 0.2) is 42.7 Å². The molecular formula is C17H18FN7. The second-order valence-corrected chi connectivity index (χ2v) is 5.38. The molecule has 1 unspecified atom stereocenters. The van der Waals surface area contributed by atoms with Crippen LogP contribution < -0.4 is 10.6 Å². The lowest BCUT2D eigenvalue weighted by Crippen LogP contribution is -2.11. The van der Waals surface area contributed by atoms with Crippen LogP contribution in [0.25, 0.3) is 6.08 Å². The third kappa shape index (κ3) is 4.37. The zero-order valence-corrected chi connectivity index (χ0v) is 13.9. The summed E-state index contributed by atoms with van der Waals surface area (Å²) in [5.41, 5.74) is 1.81. The van der Waals surface area contributed by atoms with Crippen molar-refractivity contribution in [1.82, 2.24) is 25.1 Å². The number of aromatic nitrogens is 5. The first-order chi connectivity index (χ1) is 12.1. The van der Waals surface area contributed by atoms with Gasteiger partial charge < -0.3 is 10.6 Å². The fourth-order valence-electron chi connectivity index (χ4n) is 2.23. The minimum absolute atomic E-state index is 0.0810. The molecule has 0 fully saturated rings. The Morgan fingerprint density at radius 3 is 2.68 bits per heavy atom. The summed E-state index contributed by atoms with van der Waals surface area (Å²) in [6.07, 6.45) is 5.23. The maximum atomic E-state index is 13.0. The molecule has 1 aromatic carbocycles. The first kappa shape index (κ1) is 16.6. The van der Waals surface area contributed by atoms with Crippen LogP contribution in [-0.2, 0) is 0 Å². The third-order valence-electron chi connectivity index (χ3n) is 3.47. The fourth-order valence-corrected chi connectivity index (χ4v) is 2.23. The van der Waals surface area contributed by atoms with Crippen LogP contribution in [-0.4, -0.2) is 25.1 Å². The molecule has 0 saturated heterocycles. The lowest BCUT2D eigenvalue weighted by atomic mass is 10.1. The number of nitrogens with zero attached hydrogens (tertiary/aromatic N) is 4. The van der Waals surface area contributed by atoms with Crippen molar-refractivity contribution in [3.63, 3.8) is 0 Å². The first-order valence-corrected chi connectivity index (χ1v) is 7.80. The minimum Gasteiger partial charge on any atom is -0.348 e. The Labute approximate surface area is 144 Å². The highest BCUT2D eigenvalue weighted by Crippen LogP contribution is 2.18. The number of hydrogen-bond acceptors (Lipinski definition) is 6. The molecule has 128 valence electrons. The molecule has 0 radical (unpaired) electrons. The van der Waals surface area contributed by atoms with Gasteiger partial charge in [-0.3, -0.25) is 5.10 Å². The van der Waals surface area contributed by atoms with Crippen LogP contribution in [0, 0.1) is 5.82 Å². The van der Waals surface area contributed by atoms with E-state index in [0.29, 0.717) is 17.7 Å². The van der Waals surface area contributed by atoms with Crippen LogP contribution in [0.5, 0.6) is 0 Å². The van der Waals surface area contributed by atoms with E-state index in [1.165, 1.54) is 18.5 Å². The van der Waals surface area contributed by atoms with Gasteiger partial charge in [0.25, 0.3) is 0 Å². The molecule has 3 N–H and O–H groups in total. The Hall–Kier alpha value is -3.29. The van der Waals surface area contributed by atoms with Crippen LogP contribution >= 0.6 is 0 Å². The minimum atomic E-state index is -0.265. The van der Waals surface area contributed by atoms with Crippen LogP contribution in [0.1, 0.15) is 31.1 Å². The van der Waals surface area contributed by atoms with Gasteiger partial charge in [-0.05, 0) is 37.6 Å². The van der Waals surface area contributed by atoms with Crippen molar-refractivity contribution in [1.29, 1.82) is 0 Å². The van der Waals surface area contributed by atoms with E-state index in [2.05, 4.69) is 35.8 Å². The Morgan fingerprint density at radius 2 is 1.92 bits per heavy atom. The second kappa shape index (κ2) is 7.52. The summed E-state index contributed by atoms with van der Waals surface area (Å²) in [5.74, 6) is 1.14. The van der Waals surface area contributed by atoms with Gasteiger partial charge in [-0.25, -0.2) is 14.4 Å². The van der Waals surface area contributed by atoms with E-state index in [1.807, 2.05) is 32.1 Å². The molecule has 7 nitrogen and oxygen atoms in total. The standard InChI is InChI=1S/C17H18FN7/c1-3-4-14-9-15(25-24-14)22-17-20-10-19-16(23-17)21-11(2)12-5-7-13(18)8-6-12/h3-11H,1-2H3,(H3,19,20,21,22,23,24,25)/b4-3+. The summed E-state index contributed by atoms with van der Waals surface area (Å²) in [4.78, 5) is 12.5. The SMILES string of the molecule is C/C=C/c1cc(Nc2ncnc(NC(C)c3ccc(F)cc3)n2)n[nH]1. The molecule has 0 bridgehead atoms. The molecule has 0 aliphatic heterocycles. The molecule has 3 rings (SSSR count). The number of benzene rings is 1. The lowest BCUT2D eigenvalue weighted by molar-refractivity contribution is 0.626. The average molecular weight is 339 g/mol. The average Bonchev–Trinajstić information content (AvgIpc) is 3.03. The molecule has 0 aliphatic carbocycles. The van der Waals surface area contributed by atoms with Crippen molar-refractivity contribution in [3.05, 3.63) is 59.8 Å². The van der Waals surface area contributed by atoms with Crippen molar-refractivity contribution >= 4 is 23.8 Å². The molecule has 3 aromatic rings. The number of rotatable bonds is 6. The highest BCUT2D eigenvalue weighted by Gasteiger charge is 2.09. The molecule has 2 aromatic heterocycles. The van der Waals surface area contributed by atoms with Gasteiger partial charge in [0.1, 0.15) is 12.1 Å². The summed E-state index contributed by atoms with van der Waals surface area (Å²) in [5, 5.41) is 13.2. The van der Waals surface area contributed by atoms with Gasteiger partial charge in [0.2, 0.25) is 11.9 Å². The van der Waals surface area contributed by atoms with Crippen molar-refractivity contribution in [2.75, 3.05) is 10.6 Å². The van der Waals surface area contributed by atoms with Gasteiger partial charge in [-0.2, -0.15) is 10.1 Å². The predicted molar refractivity (Wildman–Crippen MR) is 94.8 cm³/mol. The van der Waals surface area contributed by atoms with Gasteiger partial charge in [-0.15, -0.1) is 0 Å². The molecule has 25 heavy (non-hydrogen) atoms. The number of hydrogen-bond donors (Lipinski definition) is 3. The monoisotopic (exact) mass is 339 g/mol. The molecular weight excluding hydrogens is 321 g/mol. The van der Waals surface area contributed by atoms with E-state index >= 15 is 0 Å². The quantitative estimate of drug-likeness (QED) is 0.634. The van der Waals surface area contributed by atoms with Crippen LogP contribution in [0.3, 0.4) is 0 Å². The van der Waals surface area contributed by atoms with Crippen LogP contribution in [0.2, 0.25) is 0 Å². The Kier molecular flexibility index (Phi) is 4.98. The van der Waals surface area contributed by atoms with Crippen LogP contribution in [0.4, 0.5) is 22.1 Å². The second-order valence-electron chi connectivity index (χ2n) is 5.38. The highest BCUT2D eigenvalue weighted by atomic mass is 19.1. The number of nitrogens with one attached hydrogen (secondary N) is 3. The fraction of sp³-hybridized carbons (Fsp3) is 0.176. The van der Waals surface area contributed by atoms with Gasteiger partial charge >= 0.3 is 0 Å². The topological polar surface area (TPSA) is 91.4 Å². The molecule has 0 saturated carbocycles. The van der Waals surface area contributed by atoms with Crippen molar-refractivity contribution in [2.24, 2.45) is 0 Å². The number of anilines is 3. The molecule has 0 spiro atoms. The summed E-state index contributed by atoms with van der Waals surface area (Å²) in [6.45, 7) is 3.88. The predicted octanol–water partition coefficient (Wildman–Crippen LogP) is 3.68. The number of halogens is 1. The lowest BCUT2D eigenvalue weighted by Gasteiger charge is -2.14. The largest absolute Gasteiger partial charge is 0.348 e. The summed E-state index contributed by atoms with van der Waals surface area (Å²) < 4.78 is 13.0. The third-order valence-corrected chi connectivity index (χ3v) is 3.47. The van der Waals surface area contributed by atoms with Gasteiger partial charge in [0.05, 0.1) is 11.7 Å². The maximum absolute atomic E-state index is 13.0. The zero-order chi connectivity index (χ0) is 17.6. The molecule has 2 heterocycles. The number of allylic oxidation sites excluding steroid dienone is 1. The zero-order valence-electron chi connectivity index (χ0n) is 13.9. The van der Waals surface area contributed by atoms with E-state index in [9.17, 15) is 4.39 Å². The van der Waals surface area contributed by atoms with Crippen molar-refractivity contribution < 1.29 is 4.39 Å². The number of aromatic amines is 1. The van der Waals surface area contributed by atoms with Gasteiger partial charge in [0, 0.05) is 6.07 Å². The highest BCUT2D eigenvalue weighted by molar-refractivity contribution is 5.55. The van der Waals surface area contributed by atoms with Crippen molar-refractivity contribution in [2.45, 2.75) is 19.9 Å². The molecule has 8 heteroatoms.